The lowest BCUT2D eigenvalue weighted by Crippen LogP contribution is -2.57. The van der Waals surface area contributed by atoms with E-state index in [4.69, 9.17) is 16.3 Å². The van der Waals surface area contributed by atoms with E-state index in [2.05, 4.69) is 15.9 Å². The highest BCUT2D eigenvalue weighted by Crippen LogP contribution is 2.57. The minimum Gasteiger partial charge on any atom is -0.482 e. The minimum atomic E-state index is -0.432. The molecule has 3 rings (SSSR count). The van der Waals surface area contributed by atoms with Crippen LogP contribution in [-0.2, 0) is 0 Å². The van der Waals surface area contributed by atoms with Crippen molar-refractivity contribution in [2.75, 3.05) is 0 Å². The summed E-state index contributed by atoms with van der Waals surface area (Å²) in [6.45, 7) is 0. The number of alkyl halides is 1. The predicted octanol–water partition coefficient (Wildman–Crippen LogP) is 5.11. The largest absolute Gasteiger partial charge is 0.482 e. The van der Waals surface area contributed by atoms with Crippen LogP contribution in [0.1, 0.15) is 38.5 Å². The molecule has 21 heavy (non-hydrogen) atoms. The van der Waals surface area contributed by atoms with E-state index < -0.39 is 4.92 Å². The van der Waals surface area contributed by atoms with Crippen LogP contribution in [0.15, 0.2) is 18.2 Å². The molecule has 4 nitrogen and oxygen atoms in total. The number of nitro benzene ring substituents is 1. The quantitative estimate of drug-likeness (QED) is 0.419. The van der Waals surface area contributed by atoms with Crippen molar-refractivity contribution < 1.29 is 9.66 Å². The summed E-state index contributed by atoms with van der Waals surface area (Å²) in [5.74, 6) is 0.221. The fourth-order valence-electron chi connectivity index (χ4n) is 3.61. The molecular weight excluding hydrogens is 358 g/mol. The van der Waals surface area contributed by atoms with Crippen molar-refractivity contribution in [3.63, 3.8) is 0 Å². The van der Waals surface area contributed by atoms with Gasteiger partial charge < -0.3 is 4.74 Å². The van der Waals surface area contributed by atoms with Crippen LogP contribution in [-0.4, -0.2) is 15.9 Å². The summed E-state index contributed by atoms with van der Waals surface area (Å²) in [7, 11) is 0. The predicted molar refractivity (Wildman–Crippen MR) is 85.4 cm³/mol. The van der Waals surface area contributed by atoms with Gasteiger partial charge in [0.2, 0.25) is 5.75 Å². The number of halogens is 2. The van der Waals surface area contributed by atoms with Gasteiger partial charge in [-0.3, -0.25) is 10.1 Å². The number of nitro groups is 1. The van der Waals surface area contributed by atoms with E-state index in [9.17, 15) is 10.1 Å². The first-order valence-electron chi connectivity index (χ1n) is 7.28. The lowest BCUT2D eigenvalue weighted by Gasteiger charge is -2.55. The number of para-hydroxylation sites is 1. The van der Waals surface area contributed by atoms with E-state index in [1.807, 2.05) is 0 Å². The van der Waals surface area contributed by atoms with Crippen LogP contribution in [0.25, 0.3) is 0 Å². The van der Waals surface area contributed by atoms with Crippen LogP contribution in [0.5, 0.6) is 5.75 Å². The summed E-state index contributed by atoms with van der Waals surface area (Å²) in [5, 5.41) is 11.5. The molecule has 6 heteroatoms. The maximum atomic E-state index is 11.2. The second-order valence-corrected chi connectivity index (χ2v) is 7.46. The van der Waals surface area contributed by atoms with Crippen molar-refractivity contribution in [2.45, 2.75) is 49.5 Å². The monoisotopic (exact) mass is 373 g/mol. The molecular formula is C15H17BrClNO3. The molecule has 2 unspecified atom stereocenters. The topological polar surface area (TPSA) is 52.4 Å². The van der Waals surface area contributed by atoms with Gasteiger partial charge in [0.05, 0.1) is 9.95 Å². The lowest BCUT2D eigenvalue weighted by atomic mass is 9.58. The van der Waals surface area contributed by atoms with E-state index in [-0.39, 0.29) is 23.0 Å². The summed E-state index contributed by atoms with van der Waals surface area (Å²) in [5.41, 5.74) is 0.0668. The van der Waals surface area contributed by atoms with Gasteiger partial charge in [0.1, 0.15) is 6.10 Å². The molecule has 0 amide bonds. The molecule has 2 saturated carbocycles. The molecule has 0 N–H and O–H groups in total. The third-order valence-corrected chi connectivity index (χ3v) is 6.46. The highest BCUT2D eigenvalue weighted by Gasteiger charge is 2.55. The Morgan fingerprint density at radius 3 is 2.67 bits per heavy atom. The highest BCUT2D eigenvalue weighted by molar-refractivity contribution is 9.09. The zero-order valence-electron chi connectivity index (χ0n) is 11.6. The van der Waals surface area contributed by atoms with Gasteiger partial charge in [0.15, 0.2) is 0 Å². The zero-order valence-corrected chi connectivity index (χ0v) is 13.9. The van der Waals surface area contributed by atoms with Gasteiger partial charge in [-0.2, -0.15) is 0 Å². The zero-order chi connectivity index (χ0) is 15.0. The fourth-order valence-corrected chi connectivity index (χ4v) is 4.92. The molecule has 0 bridgehead atoms. The van der Waals surface area contributed by atoms with Crippen LogP contribution < -0.4 is 4.74 Å². The number of benzene rings is 1. The summed E-state index contributed by atoms with van der Waals surface area (Å²) >= 11 is 9.87. The Morgan fingerprint density at radius 1 is 1.33 bits per heavy atom. The van der Waals surface area contributed by atoms with E-state index in [0.29, 0.717) is 9.85 Å². The van der Waals surface area contributed by atoms with Crippen LogP contribution in [0, 0.1) is 15.5 Å². The van der Waals surface area contributed by atoms with Gasteiger partial charge >= 0.3 is 5.69 Å². The Bertz CT molecular complexity index is 560. The number of hydrogen-bond acceptors (Lipinski definition) is 3. The average Bonchev–Trinajstić information content (AvgIpc) is 2.49. The number of rotatable bonds is 3. The Labute approximate surface area is 137 Å². The van der Waals surface area contributed by atoms with Crippen molar-refractivity contribution in [2.24, 2.45) is 5.41 Å². The van der Waals surface area contributed by atoms with E-state index in [0.717, 1.165) is 19.3 Å². The van der Waals surface area contributed by atoms with Gasteiger partial charge in [0.25, 0.3) is 0 Å². The molecule has 2 atom stereocenters. The smallest absolute Gasteiger partial charge is 0.312 e. The molecule has 2 aliphatic rings. The van der Waals surface area contributed by atoms with Crippen molar-refractivity contribution in [1.29, 1.82) is 0 Å². The Kier molecular flexibility index (Phi) is 4.14. The average molecular weight is 375 g/mol. The molecule has 1 aromatic rings. The standard InChI is InChI=1S/C15H17BrClNO3/c16-12-9-13(15(12)7-2-1-3-8-15)21-14-10(17)5-4-6-11(14)18(19)20/h4-6,12-13H,1-3,7-9H2. The van der Waals surface area contributed by atoms with Crippen LogP contribution in [0.3, 0.4) is 0 Å². The van der Waals surface area contributed by atoms with Crippen molar-refractivity contribution >= 4 is 33.2 Å². The van der Waals surface area contributed by atoms with E-state index in [1.54, 1.807) is 12.1 Å². The number of ether oxygens (including phenoxy) is 1. The molecule has 0 radical (unpaired) electrons. The molecule has 2 aliphatic carbocycles. The Morgan fingerprint density at radius 2 is 2.05 bits per heavy atom. The van der Waals surface area contributed by atoms with E-state index >= 15 is 0 Å². The lowest BCUT2D eigenvalue weighted by molar-refractivity contribution is -0.386. The first kappa shape index (κ1) is 15.1. The summed E-state index contributed by atoms with van der Waals surface area (Å²) in [6, 6.07) is 4.67. The summed E-state index contributed by atoms with van der Waals surface area (Å²) < 4.78 is 6.03. The third-order valence-electron chi connectivity index (χ3n) is 4.87. The molecule has 114 valence electrons. The third kappa shape index (κ3) is 2.55. The number of nitrogens with zero attached hydrogens (tertiary/aromatic N) is 1. The Balaban J connectivity index is 1.86. The van der Waals surface area contributed by atoms with E-state index in [1.165, 1.54) is 25.3 Å². The molecule has 1 spiro atoms. The summed E-state index contributed by atoms with van der Waals surface area (Å²) in [6.07, 6.45) is 6.79. The van der Waals surface area contributed by atoms with Crippen LogP contribution >= 0.6 is 27.5 Å². The second kappa shape index (κ2) is 5.76. The van der Waals surface area contributed by atoms with Crippen LogP contribution in [0.2, 0.25) is 5.02 Å². The SMILES string of the molecule is O=[N+]([O-])c1cccc(Cl)c1OC1CC(Br)C12CCCCC2. The van der Waals surface area contributed by atoms with Crippen molar-refractivity contribution in [3.05, 3.63) is 33.3 Å². The van der Waals surface area contributed by atoms with Gasteiger partial charge in [-0.1, -0.05) is 52.9 Å². The molecule has 2 fully saturated rings. The van der Waals surface area contributed by atoms with Gasteiger partial charge in [-0.15, -0.1) is 0 Å². The highest BCUT2D eigenvalue weighted by atomic mass is 79.9. The molecule has 0 saturated heterocycles. The maximum Gasteiger partial charge on any atom is 0.312 e. The second-order valence-electron chi connectivity index (χ2n) is 5.95. The van der Waals surface area contributed by atoms with Gasteiger partial charge in [-0.25, -0.2) is 0 Å². The molecule has 0 heterocycles. The van der Waals surface area contributed by atoms with Crippen molar-refractivity contribution in [1.82, 2.24) is 0 Å². The van der Waals surface area contributed by atoms with Crippen LogP contribution in [0.4, 0.5) is 5.69 Å². The molecule has 0 aromatic heterocycles. The Hall–Kier alpha value is -0.810. The number of hydrogen-bond donors (Lipinski definition) is 0. The van der Waals surface area contributed by atoms with Gasteiger partial charge in [0, 0.05) is 16.3 Å². The first-order valence-corrected chi connectivity index (χ1v) is 8.57. The normalized spacial score (nSPS) is 27.1. The van der Waals surface area contributed by atoms with Crippen molar-refractivity contribution in [3.8, 4) is 5.75 Å². The van der Waals surface area contributed by atoms with Gasteiger partial charge in [-0.05, 0) is 25.3 Å². The molecule has 0 aliphatic heterocycles. The minimum absolute atomic E-state index is 0.0146. The molecule has 1 aromatic carbocycles. The first-order chi connectivity index (χ1) is 10.0. The summed E-state index contributed by atoms with van der Waals surface area (Å²) in [4.78, 5) is 11.2. The maximum absolute atomic E-state index is 11.2. The fraction of sp³-hybridized carbons (Fsp3) is 0.600.